The summed E-state index contributed by atoms with van der Waals surface area (Å²) in [6.07, 6.45) is 1.22. The van der Waals surface area contributed by atoms with Crippen molar-refractivity contribution in [3.63, 3.8) is 0 Å². The summed E-state index contributed by atoms with van der Waals surface area (Å²) in [5.41, 5.74) is 1.26. The van der Waals surface area contributed by atoms with E-state index in [9.17, 15) is 14.4 Å². The molecule has 2 aliphatic heterocycles. The molecule has 4 aromatic rings. The van der Waals surface area contributed by atoms with Crippen LogP contribution in [0.5, 0.6) is 0 Å². The second kappa shape index (κ2) is 8.71. The molecule has 3 aromatic heterocycles. The fraction of sp³-hybridized carbons (Fsp3) is 0.444. The quantitative estimate of drug-likeness (QED) is 0.411. The third-order valence-electron chi connectivity index (χ3n) is 7.20. The monoisotopic (exact) mass is 518 g/mol. The minimum Gasteiger partial charge on any atom is -0.462 e. The van der Waals surface area contributed by atoms with E-state index in [1.54, 1.807) is 16.2 Å². The van der Waals surface area contributed by atoms with Gasteiger partial charge in [0.05, 0.1) is 23.0 Å². The molecular weight excluding hydrogens is 488 g/mol. The zero-order valence-corrected chi connectivity index (χ0v) is 21.9. The molecule has 2 fully saturated rings. The number of ether oxygens (including phenoxy) is 2. The summed E-state index contributed by atoms with van der Waals surface area (Å²) in [6.45, 7) is 10.1. The van der Waals surface area contributed by atoms with Gasteiger partial charge in [-0.2, -0.15) is 4.98 Å². The Morgan fingerprint density at radius 3 is 2.50 bits per heavy atom. The van der Waals surface area contributed by atoms with E-state index in [0.717, 1.165) is 11.0 Å². The number of benzene rings is 1. The third-order valence-corrected chi connectivity index (χ3v) is 7.20. The molecule has 2 unspecified atom stereocenters. The van der Waals surface area contributed by atoms with Crippen molar-refractivity contribution < 1.29 is 19.1 Å². The number of hydrogen-bond acceptors (Lipinski definition) is 8. The summed E-state index contributed by atoms with van der Waals surface area (Å²) < 4.78 is 12.5. The van der Waals surface area contributed by atoms with Crippen LogP contribution in [0.2, 0.25) is 0 Å². The highest BCUT2D eigenvalue weighted by atomic mass is 16.6. The smallest absolute Gasteiger partial charge is 0.410 e. The molecular formula is C27H30N6O5. The second-order valence-corrected chi connectivity index (χ2v) is 11.0. The number of rotatable bonds is 3. The summed E-state index contributed by atoms with van der Waals surface area (Å²) in [5, 5.41) is 0.245. The average Bonchev–Trinajstić information content (AvgIpc) is 3.54. The molecule has 11 nitrogen and oxygen atoms in total. The van der Waals surface area contributed by atoms with E-state index in [4.69, 9.17) is 14.5 Å². The van der Waals surface area contributed by atoms with Crippen LogP contribution >= 0.6 is 0 Å². The Balaban J connectivity index is 1.37. The van der Waals surface area contributed by atoms with E-state index in [1.807, 2.05) is 45.0 Å². The summed E-state index contributed by atoms with van der Waals surface area (Å²) in [4.78, 5) is 55.3. The van der Waals surface area contributed by atoms with Crippen molar-refractivity contribution in [3.05, 3.63) is 46.2 Å². The van der Waals surface area contributed by atoms with Crippen molar-refractivity contribution in [1.29, 1.82) is 0 Å². The van der Waals surface area contributed by atoms with E-state index in [0.29, 0.717) is 43.4 Å². The maximum absolute atomic E-state index is 13.4. The van der Waals surface area contributed by atoms with Gasteiger partial charge in [-0.25, -0.2) is 14.6 Å². The van der Waals surface area contributed by atoms with Crippen molar-refractivity contribution in [2.24, 2.45) is 11.8 Å². The van der Waals surface area contributed by atoms with Gasteiger partial charge in [-0.3, -0.25) is 9.20 Å². The molecule has 11 heteroatoms. The van der Waals surface area contributed by atoms with Gasteiger partial charge < -0.3 is 24.3 Å². The zero-order chi connectivity index (χ0) is 26.8. The molecule has 38 heavy (non-hydrogen) atoms. The number of hydrogen-bond donors (Lipinski definition) is 1. The Hall–Kier alpha value is -4.15. The fourth-order valence-corrected chi connectivity index (χ4v) is 5.59. The number of aromatic amines is 1. The highest BCUT2D eigenvalue weighted by Gasteiger charge is 2.43. The SMILES string of the molecule is CCOC(=O)c1c(=O)c2cnc(N3CC4CN(C(=O)OC(C)(C)C)CC4C3)nc2n2c1[nH]c1ccccc12. The minimum absolute atomic E-state index is 0.0650. The maximum atomic E-state index is 13.4. The lowest BCUT2D eigenvalue weighted by Gasteiger charge is -2.26. The zero-order valence-electron chi connectivity index (χ0n) is 21.9. The number of fused-ring (bicyclic) bond motifs is 6. The summed E-state index contributed by atoms with van der Waals surface area (Å²) in [7, 11) is 0. The first-order valence-electron chi connectivity index (χ1n) is 12.9. The first-order chi connectivity index (χ1) is 18.1. The lowest BCUT2D eigenvalue weighted by Crippen LogP contribution is -2.37. The lowest BCUT2D eigenvalue weighted by molar-refractivity contribution is 0.0282. The van der Waals surface area contributed by atoms with Crippen molar-refractivity contribution in [2.75, 3.05) is 37.7 Å². The van der Waals surface area contributed by atoms with Gasteiger partial charge in [0.1, 0.15) is 16.8 Å². The minimum atomic E-state index is -0.686. The molecule has 0 bridgehead atoms. The molecule has 2 saturated heterocycles. The number of amides is 1. The predicted molar refractivity (Wildman–Crippen MR) is 142 cm³/mol. The summed E-state index contributed by atoms with van der Waals surface area (Å²) >= 11 is 0. The second-order valence-electron chi connectivity index (χ2n) is 11.0. The van der Waals surface area contributed by atoms with E-state index in [1.165, 1.54) is 6.20 Å². The van der Waals surface area contributed by atoms with Crippen LogP contribution in [0.4, 0.5) is 10.7 Å². The number of carbonyl (C=O) groups is 2. The van der Waals surface area contributed by atoms with Gasteiger partial charge in [0.15, 0.2) is 5.65 Å². The molecule has 5 heterocycles. The number of para-hydroxylation sites is 2. The van der Waals surface area contributed by atoms with Crippen LogP contribution in [0.15, 0.2) is 35.3 Å². The number of nitrogens with one attached hydrogen (secondary N) is 1. The number of carbonyl (C=O) groups excluding carboxylic acids is 2. The number of anilines is 1. The highest BCUT2D eigenvalue weighted by molar-refractivity contribution is 6.02. The Morgan fingerprint density at radius 1 is 1.11 bits per heavy atom. The van der Waals surface area contributed by atoms with E-state index < -0.39 is 17.0 Å². The van der Waals surface area contributed by atoms with Gasteiger partial charge in [-0.1, -0.05) is 12.1 Å². The number of nitrogens with zero attached hydrogens (tertiary/aromatic N) is 5. The van der Waals surface area contributed by atoms with Crippen LogP contribution in [-0.4, -0.2) is 74.7 Å². The highest BCUT2D eigenvalue weighted by Crippen LogP contribution is 2.34. The number of esters is 1. The van der Waals surface area contributed by atoms with Crippen LogP contribution in [0.25, 0.3) is 27.7 Å². The van der Waals surface area contributed by atoms with Gasteiger partial charge >= 0.3 is 12.1 Å². The average molecular weight is 519 g/mol. The van der Waals surface area contributed by atoms with Crippen LogP contribution < -0.4 is 10.3 Å². The molecule has 0 aliphatic carbocycles. The van der Waals surface area contributed by atoms with Crippen LogP contribution in [-0.2, 0) is 9.47 Å². The Kier molecular flexibility index (Phi) is 5.55. The molecule has 1 amide bonds. The topological polar surface area (TPSA) is 122 Å². The van der Waals surface area contributed by atoms with Crippen LogP contribution in [0.1, 0.15) is 38.1 Å². The van der Waals surface area contributed by atoms with E-state index in [-0.39, 0.29) is 35.5 Å². The first-order valence-corrected chi connectivity index (χ1v) is 12.9. The number of H-pyrrole nitrogens is 1. The van der Waals surface area contributed by atoms with Crippen molar-refractivity contribution in [2.45, 2.75) is 33.3 Å². The van der Waals surface area contributed by atoms with Crippen molar-refractivity contribution in [3.8, 4) is 0 Å². The third kappa shape index (κ3) is 3.93. The molecule has 6 rings (SSSR count). The van der Waals surface area contributed by atoms with Gasteiger partial charge in [0.25, 0.3) is 0 Å². The molecule has 0 saturated carbocycles. The molecule has 2 aliphatic rings. The Bertz CT molecular complexity index is 1640. The summed E-state index contributed by atoms with van der Waals surface area (Å²) in [6, 6.07) is 7.56. The number of aromatic nitrogens is 4. The van der Waals surface area contributed by atoms with Gasteiger partial charge in [-0.15, -0.1) is 0 Å². The lowest BCUT2D eigenvalue weighted by atomic mass is 10.0. The molecule has 1 aromatic carbocycles. The standard InChI is InChI=1S/C27H30N6O5/c1-5-37-24(35)20-21(34)17-10-28-25(30-22(17)33-19-9-7-6-8-18(19)29-23(20)33)31-11-15-13-32(14-16(15)12-31)26(36)38-27(2,3)4/h6-10,15-16,29H,5,11-14H2,1-4H3. The Labute approximate surface area is 218 Å². The molecule has 0 radical (unpaired) electrons. The van der Waals surface area contributed by atoms with Gasteiger partial charge in [0.2, 0.25) is 11.4 Å². The number of imidazole rings is 1. The van der Waals surface area contributed by atoms with Crippen LogP contribution in [0, 0.1) is 11.8 Å². The van der Waals surface area contributed by atoms with Crippen LogP contribution in [0.3, 0.4) is 0 Å². The van der Waals surface area contributed by atoms with E-state index in [2.05, 4.69) is 14.9 Å². The molecule has 1 N–H and O–H groups in total. The molecule has 2 atom stereocenters. The first kappa shape index (κ1) is 24.2. The van der Waals surface area contributed by atoms with Gasteiger partial charge in [-0.05, 0) is 39.8 Å². The van der Waals surface area contributed by atoms with Crippen molar-refractivity contribution >= 4 is 45.7 Å². The van der Waals surface area contributed by atoms with Gasteiger partial charge in [0, 0.05) is 44.2 Å². The number of likely N-dealkylation sites (tertiary alicyclic amines) is 1. The Morgan fingerprint density at radius 2 is 1.82 bits per heavy atom. The van der Waals surface area contributed by atoms with E-state index >= 15 is 0 Å². The molecule has 198 valence electrons. The largest absolute Gasteiger partial charge is 0.462 e. The predicted octanol–water partition coefficient (Wildman–Crippen LogP) is 3.20. The number of pyridine rings is 1. The van der Waals surface area contributed by atoms with Crippen molar-refractivity contribution in [1.82, 2.24) is 24.3 Å². The maximum Gasteiger partial charge on any atom is 0.410 e. The fourth-order valence-electron chi connectivity index (χ4n) is 5.59. The molecule has 0 spiro atoms. The normalized spacial score (nSPS) is 19.5. The summed E-state index contributed by atoms with van der Waals surface area (Å²) in [5.74, 6) is 0.389.